The smallest absolute Gasteiger partial charge is 0.195 e. The summed E-state index contributed by atoms with van der Waals surface area (Å²) in [6.07, 6.45) is 0. The number of rotatable bonds is 7. The van der Waals surface area contributed by atoms with Gasteiger partial charge in [0.15, 0.2) is 0 Å². The van der Waals surface area contributed by atoms with E-state index in [-0.39, 0.29) is 11.8 Å². The molecule has 0 fully saturated rings. The molecular weight excluding hydrogens is 259 g/mol. The lowest BCUT2D eigenvalue weighted by Gasteiger charge is -2.29. The van der Waals surface area contributed by atoms with Crippen LogP contribution in [0.2, 0.25) is 0 Å². The highest BCUT2D eigenvalue weighted by molar-refractivity contribution is 7.87. The molecule has 7 heteroatoms. The van der Waals surface area contributed by atoms with Crippen LogP contribution in [0.25, 0.3) is 0 Å². The van der Waals surface area contributed by atoms with Crippen molar-refractivity contribution in [1.29, 1.82) is 0 Å². The highest BCUT2D eigenvalue weighted by Gasteiger charge is 2.30. The second-order valence-electron chi connectivity index (χ2n) is 3.52. The minimum Gasteiger partial charge on any atom is -0.195 e. The summed E-state index contributed by atoms with van der Waals surface area (Å²) in [5.41, 5.74) is -0.801. The summed E-state index contributed by atoms with van der Waals surface area (Å²) in [5, 5.41) is 0. The topological polar surface area (TPSA) is 49.4 Å². The first-order valence-electron chi connectivity index (χ1n) is 4.76. The van der Waals surface area contributed by atoms with Gasteiger partial charge in [-0.25, -0.2) is 0 Å². The van der Waals surface area contributed by atoms with Crippen LogP contribution in [0.4, 0.5) is 0 Å². The van der Waals surface area contributed by atoms with E-state index in [1.807, 2.05) is 0 Å². The number of nitrogens with one attached hydrogen (secondary N) is 1. The third kappa shape index (κ3) is 4.44. The van der Waals surface area contributed by atoms with E-state index in [0.29, 0.717) is 13.1 Å². The van der Waals surface area contributed by atoms with Crippen molar-refractivity contribution in [3.05, 3.63) is 0 Å². The molecule has 0 bridgehead atoms. The quantitative estimate of drug-likeness (QED) is 0.715. The van der Waals surface area contributed by atoms with E-state index in [4.69, 9.17) is 23.2 Å². The molecule has 1 N–H and O–H groups in total. The molecule has 0 rings (SSSR count). The van der Waals surface area contributed by atoms with E-state index < -0.39 is 15.7 Å². The van der Waals surface area contributed by atoms with Gasteiger partial charge >= 0.3 is 0 Å². The predicted octanol–water partition coefficient (Wildman–Crippen LogP) is 1.40. The average Bonchev–Trinajstić information content (AvgIpc) is 2.18. The van der Waals surface area contributed by atoms with Gasteiger partial charge in [-0.1, -0.05) is 13.8 Å². The van der Waals surface area contributed by atoms with Crippen molar-refractivity contribution in [1.82, 2.24) is 9.03 Å². The summed E-state index contributed by atoms with van der Waals surface area (Å²) < 4.78 is 27.5. The van der Waals surface area contributed by atoms with Gasteiger partial charge in [-0.05, 0) is 6.92 Å². The summed E-state index contributed by atoms with van der Waals surface area (Å²) in [5.74, 6) is 0.272. The summed E-state index contributed by atoms with van der Waals surface area (Å²) in [6.45, 7) is 6.08. The Morgan fingerprint density at radius 3 is 1.87 bits per heavy atom. The summed E-state index contributed by atoms with van der Waals surface area (Å²) >= 11 is 11.4. The first kappa shape index (κ1) is 15.4. The zero-order valence-electron chi connectivity index (χ0n) is 9.26. The van der Waals surface area contributed by atoms with Crippen LogP contribution in [0.15, 0.2) is 0 Å². The molecule has 0 saturated carbocycles. The minimum absolute atomic E-state index is 0.136. The second-order valence-corrected chi connectivity index (χ2v) is 5.72. The second kappa shape index (κ2) is 6.25. The van der Waals surface area contributed by atoms with Crippen LogP contribution >= 0.6 is 23.2 Å². The molecule has 0 amide bonds. The Balaban J connectivity index is 4.76. The Morgan fingerprint density at radius 1 is 1.20 bits per heavy atom. The van der Waals surface area contributed by atoms with Crippen LogP contribution in [-0.4, -0.2) is 43.1 Å². The summed E-state index contributed by atoms with van der Waals surface area (Å²) in [6, 6.07) is 0. The Kier molecular flexibility index (Phi) is 6.44. The third-order valence-electron chi connectivity index (χ3n) is 2.01. The van der Waals surface area contributed by atoms with Crippen molar-refractivity contribution in [3.8, 4) is 0 Å². The predicted molar refractivity (Wildman–Crippen MR) is 64.8 cm³/mol. The summed E-state index contributed by atoms with van der Waals surface area (Å²) in [7, 11) is -3.49. The van der Waals surface area contributed by atoms with Gasteiger partial charge in [-0.3, -0.25) is 0 Å². The molecule has 0 aromatic heterocycles. The zero-order valence-corrected chi connectivity index (χ0v) is 11.6. The highest BCUT2D eigenvalue weighted by Crippen LogP contribution is 2.12. The standard InChI is InChI=1S/C8H18Cl2N2O2S/c1-4-12(5-2)15(13,14)11-8(3,6-9)7-10/h11H,4-7H2,1-3H3. The van der Waals surface area contributed by atoms with Crippen LogP contribution in [0.1, 0.15) is 20.8 Å². The molecule has 0 aliphatic rings. The largest absolute Gasteiger partial charge is 0.280 e. The van der Waals surface area contributed by atoms with Crippen molar-refractivity contribution in [2.24, 2.45) is 0 Å². The van der Waals surface area contributed by atoms with Crippen LogP contribution < -0.4 is 4.72 Å². The van der Waals surface area contributed by atoms with Gasteiger partial charge < -0.3 is 0 Å². The Hall–Kier alpha value is 0.450. The Bertz CT molecular complexity index is 274. The maximum atomic E-state index is 11.8. The van der Waals surface area contributed by atoms with E-state index in [9.17, 15) is 8.42 Å². The van der Waals surface area contributed by atoms with Gasteiger partial charge in [0, 0.05) is 24.8 Å². The Morgan fingerprint density at radius 2 is 1.60 bits per heavy atom. The fraction of sp³-hybridized carbons (Fsp3) is 1.00. The molecule has 4 nitrogen and oxygen atoms in total. The van der Waals surface area contributed by atoms with Gasteiger partial charge in [0.25, 0.3) is 10.2 Å². The molecule has 0 aliphatic carbocycles. The molecule has 0 atom stereocenters. The highest BCUT2D eigenvalue weighted by atomic mass is 35.5. The molecular formula is C8H18Cl2N2O2S. The first-order valence-corrected chi connectivity index (χ1v) is 7.27. The first-order chi connectivity index (χ1) is 6.85. The lowest BCUT2D eigenvalue weighted by Crippen LogP contribution is -2.54. The van der Waals surface area contributed by atoms with Crippen molar-refractivity contribution in [3.63, 3.8) is 0 Å². The third-order valence-corrected chi connectivity index (χ3v) is 5.14. The molecule has 92 valence electrons. The Labute approximate surface area is 102 Å². The van der Waals surface area contributed by atoms with Gasteiger partial charge in [-0.2, -0.15) is 17.4 Å². The van der Waals surface area contributed by atoms with Crippen molar-refractivity contribution < 1.29 is 8.42 Å². The van der Waals surface area contributed by atoms with Gasteiger partial charge in [0.2, 0.25) is 0 Å². The molecule has 0 aliphatic heterocycles. The molecule has 0 unspecified atom stereocenters. The average molecular weight is 277 g/mol. The number of halogens is 2. The van der Waals surface area contributed by atoms with E-state index in [1.54, 1.807) is 20.8 Å². The van der Waals surface area contributed by atoms with Crippen LogP contribution in [0.5, 0.6) is 0 Å². The molecule has 0 heterocycles. The fourth-order valence-electron chi connectivity index (χ4n) is 1.03. The van der Waals surface area contributed by atoms with E-state index >= 15 is 0 Å². The van der Waals surface area contributed by atoms with Gasteiger partial charge in [-0.15, -0.1) is 23.2 Å². The number of nitrogens with zero attached hydrogens (tertiary/aromatic N) is 1. The maximum Gasteiger partial charge on any atom is 0.280 e. The van der Waals surface area contributed by atoms with Gasteiger partial charge in [0.1, 0.15) is 0 Å². The number of alkyl halides is 2. The van der Waals surface area contributed by atoms with Crippen molar-refractivity contribution in [2.45, 2.75) is 26.3 Å². The molecule has 0 radical (unpaired) electrons. The van der Waals surface area contributed by atoms with E-state index in [0.717, 1.165) is 0 Å². The van der Waals surface area contributed by atoms with Crippen LogP contribution in [0, 0.1) is 0 Å². The maximum absolute atomic E-state index is 11.8. The lowest BCUT2D eigenvalue weighted by atomic mass is 10.1. The lowest BCUT2D eigenvalue weighted by molar-refractivity contribution is 0.410. The van der Waals surface area contributed by atoms with Crippen LogP contribution in [-0.2, 0) is 10.2 Å². The number of hydrogen-bond acceptors (Lipinski definition) is 2. The van der Waals surface area contributed by atoms with E-state index in [2.05, 4.69) is 4.72 Å². The monoisotopic (exact) mass is 276 g/mol. The molecule has 0 spiro atoms. The van der Waals surface area contributed by atoms with Crippen molar-refractivity contribution >= 4 is 33.4 Å². The summed E-state index contributed by atoms with van der Waals surface area (Å²) in [4.78, 5) is 0. The SMILES string of the molecule is CCN(CC)S(=O)(=O)NC(C)(CCl)CCl. The zero-order chi connectivity index (χ0) is 12.1. The van der Waals surface area contributed by atoms with Crippen molar-refractivity contribution in [2.75, 3.05) is 24.8 Å². The van der Waals surface area contributed by atoms with Gasteiger partial charge in [0.05, 0.1) is 5.54 Å². The number of hydrogen-bond donors (Lipinski definition) is 1. The van der Waals surface area contributed by atoms with E-state index in [1.165, 1.54) is 4.31 Å². The van der Waals surface area contributed by atoms with Crippen LogP contribution in [0.3, 0.4) is 0 Å². The minimum atomic E-state index is -3.49. The molecule has 0 saturated heterocycles. The molecule has 0 aromatic carbocycles. The molecule has 15 heavy (non-hydrogen) atoms. The fourth-order valence-corrected chi connectivity index (χ4v) is 3.18. The normalized spacial score (nSPS) is 13.5. The molecule has 0 aromatic rings.